The highest BCUT2D eigenvalue weighted by atomic mass is 19.4. The molecule has 1 aliphatic carbocycles. The van der Waals surface area contributed by atoms with Crippen molar-refractivity contribution in [1.82, 2.24) is 0 Å². The van der Waals surface area contributed by atoms with Gasteiger partial charge in [-0.3, -0.25) is 4.79 Å². The van der Waals surface area contributed by atoms with Crippen molar-refractivity contribution in [2.45, 2.75) is 56.9 Å². The quantitative estimate of drug-likeness (QED) is 0.526. The van der Waals surface area contributed by atoms with Gasteiger partial charge in [0.25, 0.3) is 0 Å². The molecule has 1 fully saturated rings. The molecule has 1 saturated carbocycles. The average molecular weight is 458 g/mol. The van der Waals surface area contributed by atoms with Gasteiger partial charge in [0.05, 0.1) is 11.1 Å². The molecule has 0 radical (unpaired) electrons. The summed E-state index contributed by atoms with van der Waals surface area (Å²) >= 11 is 0. The number of carbonyl (C=O) groups is 1. The van der Waals surface area contributed by atoms with Crippen molar-refractivity contribution in [3.63, 3.8) is 0 Å². The number of carbonyl (C=O) groups excluding carboxylic acids is 1. The molecule has 0 spiro atoms. The van der Waals surface area contributed by atoms with Crippen LogP contribution in [0.25, 0.3) is 0 Å². The second kappa shape index (κ2) is 9.13. The molecule has 1 amide bonds. The fourth-order valence-electron chi connectivity index (χ4n) is 4.01. The van der Waals surface area contributed by atoms with Crippen molar-refractivity contribution < 1.29 is 31.1 Å². The maximum atomic E-state index is 13.3. The molecule has 9 heteroatoms. The molecule has 3 rings (SSSR count). The van der Waals surface area contributed by atoms with Crippen LogP contribution >= 0.6 is 0 Å². The van der Waals surface area contributed by atoms with Gasteiger partial charge >= 0.3 is 12.4 Å². The second-order valence-electron chi connectivity index (χ2n) is 8.25. The lowest BCUT2D eigenvalue weighted by molar-refractivity contribution is -0.143. The molecule has 3 nitrogen and oxygen atoms in total. The third kappa shape index (κ3) is 5.62. The van der Waals surface area contributed by atoms with Crippen molar-refractivity contribution in [3.8, 4) is 0 Å². The highest BCUT2D eigenvalue weighted by Crippen LogP contribution is 2.40. The van der Waals surface area contributed by atoms with Crippen LogP contribution in [-0.4, -0.2) is 11.9 Å². The summed E-state index contributed by atoms with van der Waals surface area (Å²) in [4.78, 5) is 12.7. The van der Waals surface area contributed by atoms with Gasteiger partial charge in [-0.1, -0.05) is 25.1 Å². The van der Waals surface area contributed by atoms with E-state index in [-0.39, 0.29) is 29.5 Å². The predicted octanol–water partition coefficient (Wildman–Crippen LogP) is 6.33. The summed E-state index contributed by atoms with van der Waals surface area (Å²) in [7, 11) is 0. The van der Waals surface area contributed by atoms with Gasteiger partial charge in [-0.2, -0.15) is 26.3 Å². The van der Waals surface area contributed by atoms with Crippen molar-refractivity contribution in [1.29, 1.82) is 0 Å². The van der Waals surface area contributed by atoms with E-state index < -0.39 is 29.4 Å². The van der Waals surface area contributed by atoms with Gasteiger partial charge in [0.2, 0.25) is 5.91 Å². The minimum atomic E-state index is -4.93. The Labute approximate surface area is 182 Å². The fraction of sp³-hybridized carbons (Fsp3) is 0.435. The van der Waals surface area contributed by atoms with Crippen LogP contribution in [0.2, 0.25) is 0 Å². The number of para-hydroxylation sites is 1. The Morgan fingerprint density at radius 2 is 1.47 bits per heavy atom. The van der Waals surface area contributed by atoms with Gasteiger partial charge in [0.1, 0.15) is 0 Å². The molecular formula is C23H24F6N2O. The van der Waals surface area contributed by atoms with E-state index in [1.807, 2.05) is 0 Å². The number of halogens is 6. The van der Waals surface area contributed by atoms with E-state index in [1.54, 1.807) is 24.3 Å². The van der Waals surface area contributed by atoms with Crippen LogP contribution in [0.5, 0.6) is 0 Å². The number of alkyl halides is 6. The predicted molar refractivity (Wildman–Crippen MR) is 109 cm³/mol. The molecule has 0 aliphatic heterocycles. The zero-order valence-corrected chi connectivity index (χ0v) is 17.4. The first kappa shape index (κ1) is 24.1. The van der Waals surface area contributed by atoms with Crippen LogP contribution in [0.1, 0.15) is 60.8 Å². The number of rotatable bonds is 4. The van der Waals surface area contributed by atoms with Gasteiger partial charge in [-0.05, 0) is 61.1 Å². The zero-order chi connectivity index (χ0) is 23.7. The second-order valence-corrected chi connectivity index (χ2v) is 8.25. The maximum absolute atomic E-state index is 13.3. The van der Waals surface area contributed by atoms with Crippen molar-refractivity contribution in [2.75, 3.05) is 5.32 Å². The minimum Gasteiger partial charge on any atom is -0.328 e. The summed E-state index contributed by atoms with van der Waals surface area (Å²) in [6.07, 6.45) is -7.14. The summed E-state index contributed by atoms with van der Waals surface area (Å²) in [5.41, 5.74) is 3.80. The smallest absolute Gasteiger partial charge is 0.328 e. The summed E-state index contributed by atoms with van der Waals surface area (Å²) in [5.74, 6) is -1.28. The first-order chi connectivity index (χ1) is 14.9. The van der Waals surface area contributed by atoms with Crippen molar-refractivity contribution in [3.05, 3.63) is 64.7 Å². The summed E-state index contributed by atoms with van der Waals surface area (Å²) in [6, 6.07) is 8.08. The Morgan fingerprint density at radius 1 is 0.938 bits per heavy atom. The van der Waals surface area contributed by atoms with E-state index in [1.165, 1.54) is 6.92 Å². The maximum Gasteiger partial charge on any atom is 0.416 e. The summed E-state index contributed by atoms with van der Waals surface area (Å²) < 4.78 is 79.5. The molecule has 174 valence electrons. The topological polar surface area (TPSA) is 55.1 Å². The molecule has 0 bridgehead atoms. The number of hydrogen-bond donors (Lipinski definition) is 2. The molecule has 0 aromatic heterocycles. The van der Waals surface area contributed by atoms with E-state index >= 15 is 0 Å². The van der Waals surface area contributed by atoms with Gasteiger partial charge in [-0.15, -0.1) is 0 Å². The Bertz CT molecular complexity index is 929. The van der Waals surface area contributed by atoms with E-state index in [9.17, 15) is 31.1 Å². The number of nitrogens with one attached hydrogen (secondary N) is 1. The molecule has 1 aliphatic rings. The molecule has 32 heavy (non-hydrogen) atoms. The Hall–Kier alpha value is -2.55. The molecule has 1 unspecified atom stereocenters. The lowest BCUT2D eigenvalue weighted by atomic mass is 9.85. The van der Waals surface area contributed by atoms with Crippen LogP contribution in [-0.2, 0) is 17.1 Å². The Balaban J connectivity index is 1.93. The summed E-state index contributed by atoms with van der Waals surface area (Å²) in [6.45, 7) is 1.51. The Kier molecular flexibility index (Phi) is 6.88. The largest absolute Gasteiger partial charge is 0.416 e. The first-order valence-electron chi connectivity index (χ1n) is 10.3. The van der Waals surface area contributed by atoms with Gasteiger partial charge in [0.15, 0.2) is 0 Å². The number of anilines is 1. The average Bonchev–Trinajstić information content (AvgIpc) is 2.72. The van der Waals surface area contributed by atoms with Crippen LogP contribution in [0.3, 0.4) is 0 Å². The van der Waals surface area contributed by atoms with E-state index in [2.05, 4.69) is 5.32 Å². The molecule has 2 aromatic carbocycles. The van der Waals surface area contributed by atoms with Crippen LogP contribution in [0.15, 0.2) is 42.5 Å². The molecular weight excluding hydrogens is 434 g/mol. The number of hydrogen-bond acceptors (Lipinski definition) is 2. The van der Waals surface area contributed by atoms with Crippen molar-refractivity contribution in [2.24, 2.45) is 11.7 Å². The monoisotopic (exact) mass is 458 g/mol. The van der Waals surface area contributed by atoms with E-state index in [0.717, 1.165) is 25.0 Å². The SMILES string of the molecule is CC(c1cc(C(F)(F)F)cc(C(F)(F)F)c1)c1ccccc1NC(=O)[C@H]1CC[C@H](N)CC1. The normalized spacial score (nSPS) is 20.6. The van der Waals surface area contributed by atoms with E-state index in [0.29, 0.717) is 24.1 Å². The minimum absolute atomic E-state index is 0.0649. The highest BCUT2D eigenvalue weighted by molar-refractivity contribution is 5.93. The molecule has 3 N–H and O–H groups in total. The van der Waals surface area contributed by atoms with Gasteiger partial charge < -0.3 is 11.1 Å². The Morgan fingerprint density at radius 3 is 2.00 bits per heavy atom. The number of amides is 1. The van der Waals surface area contributed by atoms with Crippen LogP contribution in [0, 0.1) is 5.92 Å². The highest BCUT2D eigenvalue weighted by Gasteiger charge is 2.37. The summed E-state index contributed by atoms with van der Waals surface area (Å²) in [5, 5.41) is 2.81. The fourth-order valence-corrected chi connectivity index (χ4v) is 4.01. The van der Waals surface area contributed by atoms with Crippen molar-refractivity contribution >= 4 is 11.6 Å². The standard InChI is InChI=1S/C23H24F6N2O/c1-13(15-10-16(22(24,25)26)12-17(11-15)23(27,28)29)19-4-2-3-5-20(19)31-21(32)14-6-8-18(30)9-7-14/h2-5,10-14,18H,6-9,30H2,1H3,(H,31,32)/t13?,14-,18-. The van der Waals surface area contributed by atoms with Gasteiger partial charge in [0, 0.05) is 23.6 Å². The third-order valence-corrected chi connectivity index (χ3v) is 5.94. The third-order valence-electron chi connectivity index (χ3n) is 5.94. The van der Waals surface area contributed by atoms with Crippen LogP contribution < -0.4 is 11.1 Å². The lowest BCUT2D eigenvalue weighted by Gasteiger charge is -2.26. The van der Waals surface area contributed by atoms with Crippen LogP contribution in [0.4, 0.5) is 32.0 Å². The van der Waals surface area contributed by atoms with Gasteiger partial charge in [-0.25, -0.2) is 0 Å². The number of benzene rings is 2. The first-order valence-corrected chi connectivity index (χ1v) is 10.3. The zero-order valence-electron chi connectivity index (χ0n) is 17.4. The molecule has 0 saturated heterocycles. The number of nitrogens with two attached hydrogens (primary N) is 1. The van der Waals surface area contributed by atoms with E-state index in [4.69, 9.17) is 5.73 Å². The molecule has 2 aromatic rings. The molecule has 0 heterocycles. The molecule has 1 atom stereocenters. The lowest BCUT2D eigenvalue weighted by Crippen LogP contribution is -2.32.